The van der Waals surface area contributed by atoms with Gasteiger partial charge in [-0.25, -0.2) is 9.18 Å². The number of halogens is 2. The minimum atomic E-state index is -2.48. The number of nitrogens with zero attached hydrogens (tertiary/aromatic N) is 1. The standard InChI is InChI=1S/C20H17ClFNO3/c1-12(18(24)26-3)17(13-8-10-14(21)11-9-13)20(22)15-6-4-5-7-16(15)23(2)19(20)25/h4-11,17H,1H2,2-3H3/t17-,20-/m0/s1. The third kappa shape index (κ3) is 2.59. The lowest BCUT2D eigenvalue weighted by Crippen LogP contribution is -2.41. The summed E-state index contributed by atoms with van der Waals surface area (Å²) in [5, 5.41) is 0.458. The molecule has 0 unspecified atom stereocenters. The molecular formula is C20H17ClFNO3. The molecule has 0 aliphatic carbocycles. The number of amides is 1. The molecule has 0 saturated carbocycles. The lowest BCUT2D eigenvalue weighted by molar-refractivity contribution is -0.137. The molecular weight excluding hydrogens is 357 g/mol. The number of para-hydroxylation sites is 1. The highest BCUT2D eigenvalue weighted by Crippen LogP contribution is 2.53. The molecule has 2 atom stereocenters. The van der Waals surface area contributed by atoms with Crippen molar-refractivity contribution in [1.82, 2.24) is 0 Å². The van der Waals surface area contributed by atoms with Crippen molar-refractivity contribution in [1.29, 1.82) is 0 Å². The Labute approximate surface area is 155 Å². The first-order valence-corrected chi connectivity index (χ1v) is 8.29. The fourth-order valence-electron chi connectivity index (χ4n) is 3.40. The van der Waals surface area contributed by atoms with E-state index < -0.39 is 23.5 Å². The van der Waals surface area contributed by atoms with Crippen molar-refractivity contribution in [3.05, 3.63) is 76.8 Å². The van der Waals surface area contributed by atoms with Crippen LogP contribution in [-0.4, -0.2) is 26.0 Å². The van der Waals surface area contributed by atoms with E-state index in [1.165, 1.54) is 19.1 Å². The van der Waals surface area contributed by atoms with Gasteiger partial charge in [0.1, 0.15) is 0 Å². The van der Waals surface area contributed by atoms with E-state index in [9.17, 15) is 9.59 Å². The molecule has 1 aliphatic heterocycles. The number of anilines is 1. The Balaban J connectivity index is 2.24. The molecule has 0 radical (unpaired) electrons. The molecule has 6 heteroatoms. The van der Waals surface area contributed by atoms with Crippen molar-refractivity contribution in [3.63, 3.8) is 0 Å². The fourth-order valence-corrected chi connectivity index (χ4v) is 3.52. The summed E-state index contributed by atoms with van der Waals surface area (Å²) in [6.07, 6.45) is 0. The highest BCUT2D eigenvalue weighted by atomic mass is 35.5. The molecule has 26 heavy (non-hydrogen) atoms. The van der Waals surface area contributed by atoms with Crippen LogP contribution in [0.5, 0.6) is 0 Å². The van der Waals surface area contributed by atoms with Crippen LogP contribution in [0, 0.1) is 0 Å². The van der Waals surface area contributed by atoms with E-state index in [0.29, 0.717) is 16.3 Å². The zero-order valence-corrected chi connectivity index (χ0v) is 15.1. The van der Waals surface area contributed by atoms with Gasteiger partial charge >= 0.3 is 5.97 Å². The van der Waals surface area contributed by atoms with Gasteiger partial charge in [0.15, 0.2) is 0 Å². The molecule has 1 aliphatic rings. The van der Waals surface area contributed by atoms with Crippen LogP contribution in [0.4, 0.5) is 10.1 Å². The lowest BCUT2D eigenvalue weighted by Gasteiger charge is -2.30. The molecule has 1 heterocycles. The number of methoxy groups -OCH3 is 1. The van der Waals surface area contributed by atoms with E-state index >= 15 is 4.39 Å². The van der Waals surface area contributed by atoms with Crippen molar-refractivity contribution in [2.75, 3.05) is 19.1 Å². The van der Waals surface area contributed by atoms with Crippen LogP contribution in [-0.2, 0) is 20.0 Å². The molecule has 0 fully saturated rings. The summed E-state index contributed by atoms with van der Waals surface area (Å²) in [5.41, 5.74) is -1.57. The molecule has 0 N–H and O–H groups in total. The van der Waals surface area contributed by atoms with E-state index in [-0.39, 0.29) is 11.1 Å². The van der Waals surface area contributed by atoms with E-state index in [1.807, 2.05) is 0 Å². The van der Waals surface area contributed by atoms with Gasteiger partial charge < -0.3 is 9.64 Å². The largest absolute Gasteiger partial charge is 0.466 e. The summed E-state index contributed by atoms with van der Waals surface area (Å²) in [5.74, 6) is -2.78. The summed E-state index contributed by atoms with van der Waals surface area (Å²) < 4.78 is 21.2. The Hall–Kier alpha value is -2.66. The van der Waals surface area contributed by atoms with Gasteiger partial charge in [0.05, 0.1) is 18.7 Å². The van der Waals surface area contributed by atoms with Crippen LogP contribution in [0.15, 0.2) is 60.7 Å². The van der Waals surface area contributed by atoms with Gasteiger partial charge in [-0.15, -0.1) is 0 Å². The maximum absolute atomic E-state index is 16.5. The Morgan fingerprint density at radius 3 is 2.46 bits per heavy atom. The lowest BCUT2D eigenvalue weighted by atomic mass is 9.75. The zero-order valence-electron chi connectivity index (χ0n) is 14.3. The predicted molar refractivity (Wildman–Crippen MR) is 98.0 cm³/mol. The number of carbonyl (C=O) groups is 2. The van der Waals surface area contributed by atoms with Gasteiger partial charge in [0.2, 0.25) is 5.67 Å². The third-order valence-electron chi connectivity index (χ3n) is 4.67. The van der Waals surface area contributed by atoms with Gasteiger partial charge in [0, 0.05) is 23.2 Å². The summed E-state index contributed by atoms with van der Waals surface area (Å²) >= 11 is 5.93. The molecule has 0 aromatic heterocycles. The molecule has 0 bridgehead atoms. The van der Waals surface area contributed by atoms with Crippen molar-refractivity contribution in [2.45, 2.75) is 11.6 Å². The zero-order chi connectivity index (χ0) is 19.1. The molecule has 1 amide bonds. The summed E-state index contributed by atoms with van der Waals surface area (Å²) in [4.78, 5) is 26.3. The quantitative estimate of drug-likeness (QED) is 0.601. The van der Waals surface area contributed by atoms with Crippen molar-refractivity contribution in [3.8, 4) is 0 Å². The van der Waals surface area contributed by atoms with Crippen LogP contribution in [0.2, 0.25) is 5.02 Å². The number of hydrogen-bond acceptors (Lipinski definition) is 3. The summed E-state index contributed by atoms with van der Waals surface area (Å²) in [7, 11) is 2.69. The first kappa shape index (κ1) is 18.1. The molecule has 134 valence electrons. The van der Waals surface area contributed by atoms with Gasteiger partial charge in [-0.05, 0) is 23.8 Å². The number of fused-ring (bicyclic) bond motifs is 1. The van der Waals surface area contributed by atoms with Gasteiger partial charge in [-0.1, -0.05) is 48.5 Å². The second-order valence-electron chi connectivity index (χ2n) is 6.09. The smallest absolute Gasteiger partial charge is 0.333 e. The normalized spacial score (nSPS) is 19.8. The number of carbonyl (C=O) groups excluding carboxylic acids is 2. The Bertz CT molecular complexity index is 896. The second kappa shape index (κ2) is 6.57. The topological polar surface area (TPSA) is 46.6 Å². The fraction of sp³-hybridized carbons (Fsp3) is 0.200. The van der Waals surface area contributed by atoms with E-state index in [2.05, 4.69) is 6.58 Å². The van der Waals surface area contributed by atoms with Gasteiger partial charge in [0.25, 0.3) is 5.91 Å². The first-order chi connectivity index (χ1) is 12.3. The number of esters is 1. The molecule has 4 nitrogen and oxygen atoms in total. The van der Waals surface area contributed by atoms with Crippen LogP contribution in [0.1, 0.15) is 17.0 Å². The minimum absolute atomic E-state index is 0.143. The van der Waals surface area contributed by atoms with Gasteiger partial charge in [-0.3, -0.25) is 4.79 Å². The average Bonchev–Trinajstić information content (AvgIpc) is 2.85. The maximum Gasteiger partial charge on any atom is 0.333 e. The SMILES string of the molecule is C=C(C(=O)OC)[C@@H](c1ccc(Cl)cc1)[C@]1(F)C(=O)N(C)c2ccccc21. The molecule has 2 aromatic rings. The molecule has 0 saturated heterocycles. The molecule has 2 aromatic carbocycles. The summed E-state index contributed by atoms with van der Waals surface area (Å²) in [6, 6.07) is 12.9. The monoisotopic (exact) mass is 373 g/mol. The van der Waals surface area contributed by atoms with Crippen LogP contribution in [0.25, 0.3) is 0 Å². The second-order valence-corrected chi connectivity index (χ2v) is 6.53. The highest BCUT2D eigenvalue weighted by molar-refractivity contribution is 6.30. The number of alkyl halides is 1. The molecule has 0 spiro atoms. The molecule has 3 rings (SSSR count). The third-order valence-corrected chi connectivity index (χ3v) is 4.92. The van der Waals surface area contributed by atoms with Crippen molar-refractivity contribution >= 4 is 29.2 Å². The van der Waals surface area contributed by atoms with E-state index in [1.54, 1.807) is 48.5 Å². The minimum Gasteiger partial charge on any atom is -0.466 e. The first-order valence-electron chi connectivity index (χ1n) is 7.91. The number of likely N-dealkylation sites (N-methyl/N-ethyl adjacent to an activating group) is 1. The van der Waals surface area contributed by atoms with Crippen LogP contribution in [0.3, 0.4) is 0 Å². The van der Waals surface area contributed by atoms with Crippen molar-refractivity contribution in [2.24, 2.45) is 0 Å². The van der Waals surface area contributed by atoms with E-state index in [4.69, 9.17) is 16.3 Å². The number of benzene rings is 2. The number of ether oxygens (including phenoxy) is 1. The Kier molecular flexibility index (Phi) is 4.59. The van der Waals surface area contributed by atoms with E-state index in [0.717, 1.165) is 0 Å². The summed E-state index contributed by atoms with van der Waals surface area (Å²) in [6.45, 7) is 3.73. The Morgan fingerprint density at radius 1 is 1.23 bits per heavy atom. The van der Waals surface area contributed by atoms with Crippen molar-refractivity contribution < 1.29 is 18.7 Å². The van der Waals surface area contributed by atoms with Crippen LogP contribution < -0.4 is 4.90 Å². The Morgan fingerprint density at radius 2 is 1.85 bits per heavy atom. The van der Waals surface area contributed by atoms with Gasteiger partial charge in [-0.2, -0.15) is 0 Å². The maximum atomic E-state index is 16.5. The highest BCUT2D eigenvalue weighted by Gasteiger charge is 2.57. The predicted octanol–water partition coefficient (Wildman–Crippen LogP) is 3.99. The number of rotatable bonds is 4. The number of hydrogen-bond donors (Lipinski definition) is 0. The van der Waals surface area contributed by atoms with Crippen LogP contribution >= 0.6 is 11.6 Å². The average molecular weight is 374 g/mol.